The van der Waals surface area contributed by atoms with Crippen molar-refractivity contribution in [3.63, 3.8) is 0 Å². The largest absolute Gasteiger partial charge is 0.357 e. The van der Waals surface area contributed by atoms with Crippen LogP contribution in [0.1, 0.15) is 55.1 Å². The maximum Gasteiger partial charge on any atom is 0.224 e. The number of hydrogen-bond acceptors (Lipinski definition) is 4. The molecule has 26 heavy (non-hydrogen) atoms. The number of rotatable bonds is 6. The molecule has 0 aromatic carbocycles. The van der Waals surface area contributed by atoms with Crippen molar-refractivity contribution < 1.29 is 4.79 Å². The van der Waals surface area contributed by atoms with Gasteiger partial charge < -0.3 is 15.5 Å². The lowest BCUT2D eigenvalue weighted by Gasteiger charge is -2.33. The number of nitrogens with one attached hydrogen (secondary N) is 2. The summed E-state index contributed by atoms with van der Waals surface area (Å²) in [4.78, 5) is 24.7. The number of nitrogens with zero attached hydrogens (tertiary/aromatic N) is 3. The molecule has 6 nitrogen and oxygen atoms in total. The van der Waals surface area contributed by atoms with Gasteiger partial charge in [0.1, 0.15) is 5.01 Å². The van der Waals surface area contributed by atoms with E-state index in [1.54, 1.807) is 11.3 Å². The highest BCUT2D eigenvalue weighted by atomic mass is 127. The number of guanidine groups is 1. The minimum atomic E-state index is 0. The number of aromatic nitrogens is 1. The summed E-state index contributed by atoms with van der Waals surface area (Å²) >= 11 is 1.69. The Bertz CT molecular complexity index is 585. The van der Waals surface area contributed by atoms with Gasteiger partial charge in [-0.1, -0.05) is 0 Å². The summed E-state index contributed by atoms with van der Waals surface area (Å²) in [5.41, 5.74) is 1.08. The van der Waals surface area contributed by atoms with Crippen LogP contribution in [-0.2, 0) is 11.3 Å². The Hall–Kier alpha value is -0.900. The van der Waals surface area contributed by atoms with Crippen molar-refractivity contribution in [1.29, 1.82) is 0 Å². The fourth-order valence-electron chi connectivity index (χ4n) is 3.00. The van der Waals surface area contributed by atoms with Gasteiger partial charge in [0.15, 0.2) is 5.96 Å². The number of hydrogen-bond donors (Lipinski definition) is 2. The van der Waals surface area contributed by atoms with Gasteiger partial charge in [0.2, 0.25) is 5.91 Å². The number of amides is 1. The van der Waals surface area contributed by atoms with Gasteiger partial charge in [-0.05, 0) is 47.0 Å². The minimum absolute atomic E-state index is 0. The first-order valence-corrected chi connectivity index (χ1v) is 10.1. The first-order valence-electron chi connectivity index (χ1n) is 9.25. The molecule has 1 atom stereocenters. The molecule has 0 aliphatic carbocycles. The van der Waals surface area contributed by atoms with E-state index in [1.165, 1.54) is 11.3 Å². The number of carbonyl (C=O) groups is 1. The number of thiazole rings is 1. The zero-order chi connectivity index (χ0) is 18.2. The molecule has 2 rings (SSSR count). The Morgan fingerprint density at radius 2 is 2.12 bits per heavy atom. The summed E-state index contributed by atoms with van der Waals surface area (Å²) in [7, 11) is 0. The maximum atomic E-state index is 12.4. The van der Waals surface area contributed by atoms with Gasteiger partial charge in [-0.25, -0.2) is 9.98 Å². The van der Waals surface area contributed by atoms with Crippen LogP contribution in [0.2, 0.25) is 0 Å². The van der Waals surface area contributed by atoms with E-state index in [9.17, 15) is 4.79 Å². The van der Waals surface area contributed by atoms with Crippen LogP contribution >= 0.6 is 35.3 Å². The lowest BCUT2D eigenvalue weighted by Crippen LogP contribution is -2.44. The summed E-state index contributed by atoms with van der Waals surface area (Å²) < 4.78 is 0. The molecule has 8 heteroatoms. The van der Waals surface area contributed by atoms with Crippen LogP contribution < -0.4 is 10.6 Å². The van der Waals surface area contributed by atoms with Gasteiger partial charge in [0.05, 0.1) is 12.2 Å². The second-order valence-electron chi connectivity index (χ2n) is 6.55. The van der Waals surface area contributed by atoms with Crippen LogP contribution in [0.15, 0.2) is 4.99 Å². The van der Waals surface area contributed by atoms with E-state index in [0.717, 1.165) is 42.6 Å². The van der Waals surface area contributed by atoms with Gasteiger partial charge >= 0.3 is 0 Å². The van der Waals surface area contributed by atoms with Gasteiger partial charge in [-0.3, -0.25) is 4.79 Å². The Balaban J connectivity index is 0.00000338. The van der Waals surface area contributed by atoms with E-state index >= 15 is 0 Å². The standard InChI is InChI=1S/C18H31N5OS.HI/c1-5-19-18(21-12-16-22-14(3)15(4)25-16)20-10-9-17(24)23-11-7-6-8-13(23)2;/h13H,5-12H2,1-4H3,(H2,19,20,21);1H. The molecule has 2 heterocycles. The van der Waals surface area contributed by atoms with E-state index in [2.05, 4.69) is 34.5 Å². The number of halogens is 1. The highest BCUT2D eigenvalue weighted by Gasteiger charge is 2.22. The van der Waals surface area contributed by atoms with E-state index in [1.807, 2.05) is 18.7 Å². The zero-order valence-electron chi connectivity index (χ0n) is 16.3. The van der Waals surface area contributed by atoms with Crippen molar-refractivity contribution in [3.05, 3.63) is 15.6 Å². The van der Waals surface area contributed by atoms with Crippen LogP contribution in [0.5, 0.6) is 0 Å². The first-order chi connectivity index (χ1) is 12.0. The van der Waals surface area contributed by atoms with Crippen molar-refractivity contribution in [2.45, 2.75) is 66.0 Å². The Morgan fingerprint density at radius 1 is 1.35 bits per heavy atom. The molecule has 0 bridgehead atoms. The van der Waals surface area contributed by atoms with Crippen LogP contribution in [0.25, 0.3) is 0 Å². The van der Waals surface area contributed by atoms with Crippen molar-refractivity contribution in [2.75, 3.05) is 19.6 Å². The summed E-state index contributed by atoms with van der Waals surface area (Å²) in [5, 5.41) is 7.51. The average Bonchev–Trinajstić information content (AvgIpc) is 2.91. The third-order valence-corrected chi connectivity index (χ3v) is 5.60. The molecule has 1 saturated heterocycles. The van der Waals surface area contributed by atoms with Crippen LogP contribution in [0.3, 0.4) is 0 Å². The summed E-state index contributed by atoms with van der Waals surface area (Å²) in [6.07, 6.45) is 3.98. The lowest BCUT2D eigenvalue weighted by molar-refractivity contribution is -0.134. The van der Waals surface area contributed by atoms with Crippen molar-refractivity contribution in [2.24, 2.45) is 4.99 Å². The highest BCUT2D eigenvalue weighted by Crippen LogP contribution is 2.17. The zero-order valence-corrected chi connectivity index (χ0v) is 19.4. The van der Waals surface area contributed by atoms with E-state index < -0.39 is 0 Å². The third kappa shape index (κ3) is 7.02. The molecular weight excluding hydrogens is 461 g/mol. The molecule has 1 aromatic rings. The van der Waals surface area contributed by atoms with E-state index in [-0.39, 0.29) is 29.9 Å². The second-order valence-corrected chi connectivity index (χ2v) is 7.84. The molecule has 0 spiro atoms. The minimum Gasteiger partial charge on any atom is -0.357 e. The molecule has 1 amide bonds. The van der Waals surface area contributed by atoms with Gasteiger partial charge in [-0.15, -0.1) is 35.3 Å². The van der Waals surface area contributed by atoms with Gasteiger partial charge in [-0.2, -0.15) is 0 Å². The fraction of sp³-hybridized carbons (Fsp3) is 0.722. The molecule has 1 unspecified atom stereocenters. The molecular formula is C18H32IN5OS. The number of aliphatic imine (C=N–C) groups is 1. The van der Waals surface area contributed by atoms with E-state index in [0.29, 0.717) is 25.6 Å². The summed E-state index contributed by atoms with van der Waals surface area (Å²) in [6, 6.07) is 0.375. The predicted octanol–water partition coefficient (Wildman–Crippen LogP) is 3.22. The van der Waals surface area contributed by atoms with E-state index in [4.69, 9.17) is 0 Å². The summed E-state index contributed by atoms with van der Waals surface area (Å²) in [5.74, 6) is 0.981. The molecule has 1 aliphatic heterocycles. The quantitative estimate of drug-likeness (QED) is 0.363. The molecule has 1 aliphatic rings. The van der Waals surface area contributed by atoms with Crippen LogP contribution in [0.4, 0.5) is 0 Å². The monoisotopic (exact) mass is 493 g/mol. The SMILES string of the molecule is CCNC(=NCc1nc(C)c(C)s1)NCCC(=O)N1CCCCC1C.I. The Kier molecular flexibility index (Phi) is 10.4. The molecule has 0 radical (unpaired) electrons. The fourth-order valence-corrected chi connectivity index (χ4v) is 3.85. The van der Waals surface area contributed by atoms with Crippen molar-refractivity contribution in [3.8, 4) is 0 Å². The molecule has 2 N–H and O–H groups in total. The maximum absolute atomic E-state index is 12.4. The Labute approximate surface area is 178 Å². The molecule has 1 aromatic heterocycles. The van der Waals surface area contributed by atoms with Crippen LogP contribution in [0, 0.1) is 13.8 Å². The van der Waals surface area contributed by atoms with Crippen molar-refractivity contribution in [1.82, 2.24) is 20.5 Å². The average molecular weight is 493 g/mol. The first kappa shape index (κ1) is 23.1. The summed E-state index contributed by atoms with van der Waals surface area (Å²) in [6.45, 7) is 11.1. The number of likely N-dealkylation sites (tertiary alicyclic amines) is 1. The normalized spacial score (nSPS) is 17.6. The molecule has 0 saturated carbocycles. The molecule has 148 valence electrons. The van der Waals surface area contributed by atoms with Crippen molar-refractivity contribution >= 4 is 47.2 Å². The van der Waals surface area contributed by atoms with Gasteiger partial charge in [0, 0.05) is 37.0 Å². The Morgan fingerprint density at radius 3 is 2.73 bits per heavy atom. The third-order valence-electron chi connectivity index (χ3n) is 4.54. The smallest absolute Gasteiger partial charge is 0.224 e. The van der Waals surface area contributed by atoms with Crippen LogP contribution in [-0.4, -0.2) is 47.4 Å². The number of piperidine rings is 1. The predicted molar refractivity (Wildman–Crippen MR) is 119 cm³/mol. The van der Waals surface area contributed by atoms with Gasteiger partial charge in [0.25, 0.3) is 0 Å². The number of carbonyl (C=O) groups excluding carboxylic acids is 1. The topological polar surface area (TPSA) is 69.6 Å². The second kappa shape index (κ2) is 11.7. The highest BCUT2D eigenvalue weighted by molar-refractivity contribution is 14.0. The molecule has 1 fully saturated rings. The lowest BCUT2D eigenvalue weighted by atomic mass is 10.0. The number of aryl methyl sites for hydroxylation is 2.